The Balaban J connectivity index is 2.24. The summed E-state index contributed by atoms with van der Waals surface area (Å²) in [5, 5.41) is 0. The Morgan fingerprint density at radius 1 is 1.25 bits per heavy atom. The van der Waals surface area contributed by atoms with Crippen LogP contribution >= 0.6 is 0 Å². The van der Waals surface area contributed by atoms with E-state index in [1.165, 1.54) is 0 Å². The lowest BCUT2D eigenvalue weighted by Crippen LogP contribution is -2.43. The second kappa shape index (κ2) is 5.37. The molecule has 1 fully saturated rings. The third-order valence-electron chi connectivity index (χ3n) is 4.19. The molecule has 2 nitrogen and oxygen atoms in total. The smallest absolute Gasteiger partial charge is 0.329 e. The first-order chi connectivity index (χ1) is 9.25. The van der Waals surface area contributed by atoms with E-state index in [1.54, 1.807) is 12.1 Å². The van der Waals surface area contributed by atoms with E-state index in [0.29, 0.717) is 6.54 Å². The maximum absolute atomic E-state index is 12.6. The molecule has 1 aliphatic heterocycles. The molecule has 112 valence electrons. The number of likely N-dealkylation sites (tertiary alicyclic amines) is 1. The predicted octanol–water partition coefficient (Wildman–Crippen LogP) is 3.58. The van der Waals surface area contributed by atoms with Crippen LogP contribution in [0.1, 0.15) is 43.9 Å². The molecule has 0 saturated carbocycles. The highest BCUT2D eigenvalue weighted by Crippen LogP contribution is 2.37. The van der Waals surface area contributed by atoms with Crippen LogP contribution in [0.3, 0.4) is 0 Å². The van der Waals surface area contributed by atoms with Gasteiger partial charge in [0.1, 0.15) is 0 Å². The van der Waals surface area contributed by atoms with Crippen molar-refractivity contribution in [3.63, 3.8) is 0 Å². The van der Waals surface area contributed by atoms with Gasteiger partial charge < -0.3 is 5.73 Å². The van der Waals surface area contributed by atoms with Gasteiger partial charge in [0.2, 0.25) is 0 Å². The van der Waals surface area contributed by atoms with E-state index < -0.39 is 11.7 Å². The van der Waals surface area contributed by atoms with Gasteiger partial charge in [-0.25, -0.2) is 0 Å². The highest BCUT2D eigenvalue weighted by molar-refractivity contribution is 5.27. The lowest BCUT2D eigenvalue weighted by molar-refractivity contribution is -0.137. The summed E-state index contributed by atoms with van der Waals surface area (Å²) >= 11 is 0. The van der Waals surface area contributed by atoms with Crippen LogP contribution in [0.25, 0.3) is 0 Å². The molecule has 0 aliphatic carbocycles. The lowest BCUT2D eigenvalue weighted by atomic mass is 9.97. The van der Waals surface area contributed by atoms with Crippen molar-refractivity contribution in [2.24, 2.45) is 5.73 Å². The number of nitrogens with zero attached hydrogens (tertiary/aromatic N) is 1. The highest BCUT2D eigenvalue weighted by atomic mass is 19.4. The summed E-state index contributed by atoms with van der Waals surface area (Å²) in [6.07, 6.45) is -2.10. The molecule has 1 saturated heterocycles. The van der Waals surface area contributed by atoms with Crippen molar-refractivity contribution < 1.29 is 13.2 Å². The molecule has 1 aliphatic rings. The molecular formula is C15H21F3N2. The number of nitrogens with two attached hydrogens (primary N) is 1. The highest BCUT2D eigenvalue weighted by Gasteiger charge is 2.37. The van der Waals surface area contributed by atoms with E-state index in [1.807, 2.05) is 0 Å². The maximum Gasteiger partial charge on any atom is 0.416 e. The maximum atomic E-state index is 12.6. The first-order valence-corrected chi connectivity index (χ1v) is 6.90. The summed E-state index contributed by atoms with van der Waals surface area (Å²) in [7, 11) is 0. The minimum Gasteiger partial charge on any atom is -0.329 e. The normalized spacial score (nSPS) is 21.1. The zero-order chi connectivity index (χ0) is 15.0. The predicted molar refractivity (Wildman–Crippen MR) is 73.3 cm³/mol. The fourth-order valence-electron chi connectivity index (χ4n) is 3.04. The molecule has 0 spiro atoms. The second-order valence-electron chi connectivity index (χ2n) is 5.98. The first kappa shape index (κ1) is 15.3. The van der Waals surface area contributed by atoms with E-state index in [-0.39, 0.29) is 11.6 Å². The summed E-state index contributed by atoms with van der Waals surface area (Å²) in [6, 6.07) is 5.36. The molecule has 1 aromatic carbocycles. The fourth-order valence-corrected chi connectivity index (χ4v) is 3.04. The zero-order valence-electron chi connectivity index (χ0n) is 11.9. The molecule has 2 N–H and O–H groups in total. The topological polar surface area (TPSA) is 29.3 Å². The van der Waals surface area contributed by atoms with Crippen LogP contribution in [0.2, 0.25) is 0 Å². The Labute approximate surface area is 117 Å². The Hall–Kier alpha value is -1.07. The number of rotatable bonds is 3. The third kappa shape index (κ3) is 2.99. The minimum atomic E-state index is -4.29. The van der Waals surface area contributed by atoms with Crippen LogP contribution in [0.4, 0.5) is 13.2 Å². The summed E-state index contributed by atoms with van der Waals surface area (Å²) in [5.74, 6) is 0. The van der Waals surface area contributed by atoms with Crippen LogP contribution in [0, 0.1) is 0 Å². The molecule has 0 aromatic heterocycles. The van der Waals surface area contributed by atoms with Crippen LogP contribution < -0.4 is 5.73 Å². The average molecular weight is 286 g/mol. The van der Waals surface area contributed by atoms with Crippen molar-refractivity contribution >= 4 is 0 Å². The van der Waals surface area contributed by atoms with E-state index in [4.69, 9.17) is 5.73 Å². The summed E-state index contributed by atoms with van der Waals surface area (Å²) in [4.78, 5) is 2.30. The molecular weight excluding hydrogens is 265 g/mol. The molecule has 0 amide bonds. The van der Waals surface area contributed by atoms with Crippen molar-refractivity contribution in [2.45, 2.75) is 44.4 Å². The number of alkyl halides is 3. The average Bonchev–Trinajstić information content (AvgIpc) is 2.70. The quantitative estimate of drug-likeness (QED) is 0.920. The van der Waals surface area contributed by atoms with Gasteiger partial charge in [0.25, 0.3) is 0 Å². The number of halogens is 3. The van der Waals surface area contributed by atoms with E-state index in [2.05, 4.69) is 18.7 Å². The van der Waals surface area contributed by atoms with Gasteiger partial charge in [-0.05, 0) is 50.9 Å². The van der Waals surface area contributed by atoms with Crippen molar-refractivity contribution in [2.75, 3.05) is 13.1 Å². The summed E-state index contributed by atoms with van der Waals surface area (Å²) in [5.41, 5.74) is 6.16. The van der Waals surface area contributed by atoms with Gasteiger partial charge in [0.05, 0.1) is 5.56 Å². The molecule has 1 unspecified atom stereocenters. The van der Waals surface area contributed by atoms with E-state index in [0.717, 1.165) is 37.1 Å². The van der Waals surface area contributed by atoms with Crippen molar-refractivity contribution in [1.29, 1.82) is 0 Å². The number of hydrogen-bond donors (Lipinski definition) is 1. The largest absolute Gasteiger partial charge is 0.416 e. The Kier molecular flexibility index (Phi) is 4.12. The molecule has 20 heavy (non-hydrogen) atoms. The van der Waals surface area contributed by atoms with Gasteiger partial charge in [-0.1, -0.05) is 12.1 Å². The Bertz CT molecular complexity index is 451. The van der Waals surface area contributed by atoms with Crippen LogP contribution in [-0.2, 0) is 6.18 Å². The molecule has 5 heteroatoms. The van der Waals surface area contributed by atoms with Gasteiger partial charge in [0.15, 0.2) is 0 Å². The molecule has 1 atom stereocenters. The standard InChI is InChI=1S/C15H21F3N2/c1-14(2)8-3-9-20(14)13(10-19)11-4-6-12(7-5-11)15(16,17)18/h4-7,13H,3,8-10,19H2,1-2H3. The van der Waals surface area contributed by atoms with Crippen molar-refractivity contribution in [3.8, 4) is 0 Å². The minimum absolute atomic E-state index is 0.0187. The molecule has 2 rings (SSSR count). The van der Waals surface area contributed by atoms with Crippen LogP contribution in [-0.4, -0.2) is 23.5 Å². The van der Waals surface area contributed by atoms with Crippen molar-refractivity contribution in [3.05, 3.63) is 35.4 Å². The molecule has 1 aromatic rings. The molecule has 1 heterocycles. The van der Waals surface area contributed by atoms with Gasteiger partial charge in [0, 0.05) is 18.1 Å². The Morgan fingerprint density at radius 3 is 2.25 bits per heavy atom. The van der Waals surface area contributed by atoms with Gasteiger partial charge >= 0.3 is 6.18 Å². The monoisotopic (exact) mass is 286 g/mol. The molecule has 0 bridgehead atoms. The van der Waals surface area contributed by atoms with E-state index in [9.17, 15) is 13.2 Å². The fraction of sp³-hybridized carbons (Fsp3) is 0.600. The first-order valence-electron chi connectivity index (χ1n) is 6.90. The third-order valence-corrected chi connectivity index (χ3v) is 4.19. The second-order valence-corrected chi connectivity index (χ2v) is 5.98. The van der Waals surface area contributed by atoms with Crippen LogP contribution in [0.5, 0.6) is 0 Å². The summed E-state index contributed by atoms with van der Waals surface area (Å²) < 4.78 is 37.8. The van der Waals surface area contributed by atoms with Gasteiger partial charge in [-0.2, -0.15) is 13.2 Å². The zero-order valence-corrected chi connectivity index (χ0v) is 11.9. The lowest BCUT2D eigenvalue weighted by Gasteiger charge is -2.38. The van der Waals surface area contributed by atoms with Gasteiger partial charge in [-0.15, -0.1) is 0 Å². The van der Waals surface area contributed by atoms with Crippen molar-refractivity contribution in [1.82, 2.24) is 4.90 Å². The number of hydrogen-bond acceptors (Lipinski definition) is 2. The van der Waals surface area contributed by atoms with Gasteiger partial charge in [-0.3, -0.25) is 4.90 Å². The van der Waals surface area contributed by atoms with E-state index >= 15 is 0 Å². The number of benzene rings is 1. The summed E-state index contributed by atoms with van der Waals surface area (Å²) in [6.45, 7) is 5.67. The Morgan fingerprint density at radius 2 is 1.85 bits per heavy atom. The van der Waals surface area contributed by atoms with Crippen LogP contribution in [0.15, 0.2) is 24.3 Å². The SMILES string of the molecule is CC1(C)CCCN1C(CN)c1ccc(C(F)(F)F)cc1. The molecule has 0 radical (unpaired) electrons.